The van der Waals surface area contributed by atoms with Gasteiger partial charge in [-0.25, -0.2) is 9.97 Å². The number of nitrogens with two attached hydrogens (primary N) is 1. The molecule has 100 valence electrons. The molecule has 0 bridgehead atoms. The Kier molecular flexibility index (Phi) is 4.53. The van der Waals surface area contributed by atoms with Crippen LogP contribution in [0, 0.1) is 6.92 Å². The summed E-state index contributed by atoms with van der Waals surface area (Å²) in [5.74, 6) is 0.874. The van der Waals surface area contributed by atoms with E-state index in [9.17, 15) is 0 Å². The monoisotopic (exact) mass is 248 g/mol. The van der Waals surface area contributed by atoms with Crippen molar-refractivity contribution in [1.82, 2.24) is 9.97 Å². The van der Waals surface area contributed by atoms with Crippen molar-refractivity contribution in [2.24, 2.45) is 5.73 Å². The van der Waals surface area contributed by atoms with Crippen LogP contribution < -0.4 is 10.6 Å². The van der Waals surface area contributed by atoms with Crippen molar-refractivity contribution in [3.63, 3.8) is 0 Å². The Labute approximate surface area is 110 Å². The van der Waals surface area contributed by atoms with Gasteiger partial charge in [0.2, 0.25) is 5.95 Å². The summed E-state index contributed by atoms with van der Waals surface area (Å²) in [6.45, 7) is 6.16. The minimum absolute atomic E-state index is 0.00591. The van der Waals surface area contributed by atoms with Crippen molar-refractivity contribution in [3.8, 4) is 0 Å². The van der Waals surface area contributed by atoms with Crippen molar-refractivity contribution in [2.45, 2.75) is 52.0 Å². The zero-order chi connectivity index (χ0) is 13.0. The van der Waals surface area contributed by atoms with Crippen molar-refractivity contribution in [1.29, 1.82) is 0 Å². The maximum absolute atomic E-state index is 5.90. The minimum Gasteiger partial charge on any atom is -0.341 e. The first-order chi connectivity index (χ1) is 8.68. The molecule has 2 heterocycles. The molecule has 1 aromatic heterocycles. The van der Waals surface area contributed by atoms with Crippen LogP contribution >= 0.6 is 0 Å². The SMILES string of the molecule is Cc1nc(N2CCCCCCC2)ncc1[C@H](C)N. The van der Waals surface area contributed by atoms with Crippen molar-refractivity contribution in [2.75, 3.05) is 18.0 Å². The summed E-state index contributed by atoms with van der Waals surface area (Å²) in [5, 5.41) is 0. The molecule has 2 rings (SSSR count). The van der Waals surface area contributed by atoms with Crippen LogP contribution in [-0.2, 0) is 0 Å². The van der Waals surface area contributed by atoms with Crippen LogP contribution in [-0.4, -0.2) is 23.1 Å². The predicted octanol–water partition coefficient (Wildman–Crippen LogP) is 2.58. The van der Waals surface area contributed by atoms with Gasteiger partial charge in [0.25, 0.3) is 0 Å². The maximum atomic E-state index is 5.90. The second-order valence-corrected chi connectivity index (χ2v) is 5.25. The second-order valence-electron chi connectivity index (χ2n) is 5.25. The van der Waals surface area contributed by atoms with Gasteiger partial charge in [0, 0.05) is 36.6 Å². The molecule has 4 heteroatoms. The quantitative estimate of drug-likeness (QED) is 0.874. The number of nitrogens with zero attached hydrogens (tertiary/aromatic N) is 3. The summed E-state index contributed by atoms with van der Waals surface area (Å²) in [6, 6.07) is 0.00591. The Morgan fingerprint density at radius 1 is 1.17 bits per heavy atom. The molecular formula is C14H24N4. The van der Waals surface area contributed by atoms with Crippen LogP contribution in [0.5, 0.6) is 0 Å². The van der Waals surface area contributed by atoms with Gasteiger partial charge in [-0.05, 0) is 26.7 Å². The highest BCUT2D eigenvalue weighted by molar-refractivity contribution is 5.33. The molecule has 1 aliphatic heterocycles. The molecular weight excluding hydrogens is 224 g/mol. The number of aromatic nitrogens is 2. The van der Waals surface area contributed by atoms with E-state index < -0.39 is 0 Å². The molecule has 1 saturated heterocycles. The Morgan fingerprint density at radius 2 is 1.78 bits per heavy atom. The highest BCUT2D eigenvalue weighted by atomic mass is 15.2. The van der Waals surface area contributed by atoms with E-state index in [0.29, 0.717) is 0 Å². The summed E-state index contributed by atoms with van der Waals surface area (Å²) in [4.78, 5) is 11.4. The van der Waals surface area contributed by atoms with Crippen LogP contribution in [0.3, 0.4) is 0 Å². The van der Waals surface area contributed by atoms with Crippen LogP contribution in [0.4, 0.5) is 5.95 Å². The predicted molar refractivity (Wildman–Crippen MR) is 74.7 cm³/mol. The third-order valence-corrected chi connectivity index (χ3v) is 3.63. The number of aryl methyl sites for hydroxylation is 1. The molecule has 0 aromatic carbocycles. The van der Waals surface area contributed by atoms with Gasteiger partial charge in [-0.15, -0.1) is 0 Å². The van der Waals surface area contributed by atoms with Crippen LogP contribution in [0.2, 0.25) is 0 Å². The van der Waals surface area contributed by atoms with Crippen molar-refractivity contribution < 1.29 is 0 Å². The lowest BCUT2D eigenvalue weighted by Gasteiger charge is -2.25. The summed E-state index contributed by atoms with van der Waals surface area (Å²) >= 11 is 0. The second kappa shape index (κ2) is 6.14. The summed E-state index contributed by atoms with van der Waals surface area (Å²) in [6.07, 6.45) is 8.41. The number of hydrogen-bond donors (Lipinski definition) is 1. The fourth-order valence-electron chi connectivity index (χ4n) is 2.51. The van der Waals surface area contributed by atoms with Gasteiger partial charge in [0.05, 0.1) is 0 Å². The Balaban J connectivity index is 2.14. The van der Waals surface area contributed by atoms with Gasteiger partial charge in [-0.2, -0.15) is 0 Å². The molecule has 0 saturated carbocycles. The van der Waals surface area contributed by atoms with Gasteiger partial charge in [-0.1, -0.05) is 19.3 Å². The van der Waals surface area contributed by atoms with Crippen molar-refractivity contribution >= 4 is 5.95 Å². The third-order valence-electron chi connectivity index (χ3n) is 3.63. The first kappa shape index (κ1) is 13.3. The van der Waals surface area contributed by atoms with Crippen molar-refractivity contribution in [3.05, 3.63) is 17.5 Å². The Bertz CT molecular complexity index is 381. The highest BCUT2D eigenvalue weighted by Crippen LogP contribution is 2.18. The van der Waals surface area contributed by atoms with E-state index in [1.165, 1.54) is 32.1 Å². The fourth-order valence-corrected chi connectivity index (χ4v) is 2.51. The molecule has 1 aliphatic rings. The molecule has 0 radical (unpaired) electrons. The topological polar surface area (TPSA) is 55.0 Å². The molecule has 0 amide bonds. The van der Waals surface area contributed by atoms with E-state index in [1.54, 1.807) is 0 Å². The van der Waals surface area contributed by atoms with E-state index in [2.05, 4.69) is 14.9 Å². The average Bonchev–Trinajstić information content (AvgIpc) is 2.27. The molecule has 0 spiro atoms. The first-order valence-corrected chi connectivity index (χ1v) is 7.02. The standard InChI is InChI=1S/C14H24N4/c1-11(15)13-10-16-14(17-12(13)2)18-8-6-4-3-5-7-9-18/h10-11H,3-9,15H2,1-2H3/t11-/m0/s1. The molecule has 0 unspecified atom stereocenters. The zero-order valence-electron chi connectivity index (χ0n) is 11.5. The third kappa shape index (κ3) is 3.19. The Hall–Kier alpha value is -1.16. The summed E-state index contributed by atoms with van der Waals surface area (Å²) in [7, 11) is 0. The highest BCUT2D eigenvalue weighted by Gasteiger charge is 2.13. The number of anilines is 1. The lowest BCUT2D eigenvalue weighted by atomic mass is 10.1. The van der Waals surface area contributed by atoms with E-state index in [1.807, 2.05) is 20.0 Å². The Morgan fingerprint density at radius 3 is 2.33 bits per heavy atom. The molecule has 1 atom stereocenters. The van der Waals surface area contributed by atoms with E-state index in [0.717, 1.165) is 30.3 Å². The first-order valence-electron chi connectivity index (χ1n) is 7.02. The zero-order valence-corrected chi connectivity index (χ0v) is 11.5. The van der Waals surface area contributed by atoms with E-state index >= 15 is 0 Å². The largest absolute Gasteiger partial charge is 0.341 e. The lowest BCUT2D eigenvalue weighted by molar-refractivity contribution is 0.549. The lowest BCUT2D eigenvalue weighted by Crippen LogP contribution is -2.29. The molecule has 18 heavy (non-hydrogen) atoms. The summed E-state index contributed by atoms with van der Waals surface area (Å²) in [5.41, 5.74) is 7.95. The molecule has 2 N–H and O–H groups in total. The van der Waals surface area contributed by atoms with Gasteiger partial charge in [0.15, 0.2) is 0 Å². The van der Waals surface area contributed by atoms with Gasteiger partial charge < -0.3 is 10.6 Å². The normalized spacial score (nSPS) is 19.2. The van der Waals surface area contributed by atoms with Crippen LogP contribution in [0.25, 0.3) is 0 Å². The molecule has 1 aromatic rings. The van der Waals surface area contributed by atoms with Gasteiger partial charge in [-0.3, -0.25) is 0 Å². The fraction of sp³-hybridized carbons (Fsp3) is 0.714. The number of rotatable bonds is 2. The van der Waals surface area contributed by atoms with Crippen LogP contribution in [0.1, 0.15) is 56.3 Å². The minimum atomic E-state index is 0.00591. The van der Waals surface area contributed by atoms with Gasteiger partial charge in [0.1, 0.15) is 0 Å². The van der Waals surface area contributed by atoms with Crippen LogP contribution in [0.15, 0.2) is 6.20 Å². The van der Waals surface area contributed by atoms with Gasteiger partial charge >= 0.3 is 0 Å². The molecule has 0 aliphatic carbocycles. The summed E-state index contributed by atoms with van der Waals surface area (Å²) < 4.78 is 0. The maximum Gasteiger partial charge on any atom is 0.225 e. The molecule has 4 nitrogen and oxygen atoms in total. The average molecular weight is 248 g/mol. The smallest absolute Gasteiger partial charge is 0.225 e. The molecule has 1 fully saturated rings. The van der Waals surface area contributed by atoms with E-state index in [-0.39, 0.29) is 6.04 Å². The van der Waals surface area contributed by atoms with E-state index in [4.69, 9.17) is 5.73 Å². The number of hydrogen-bond acceptors (Lipinski definition) is 4.